The Hall–Kier alpha value is -1.80. The number of hydrogen-bond donors (Lipinski definition) is 1. The van der Waals surface area contributed by atoms with Gasteiger partial charge in [-0.1, -0.05) is 49.4 Å². The molecule has 0 aliphatic heterocycles. The van der Waals surface area contributed by atoms with Crippen LogP contribution in [0.5, 0.6) is 0 Å². The number of anilines is 1. The molecule has 0 aliphatic rings. The molecular weight excluding hydrogens is 244 g/mol. The second-order valence-corrected chi connectivity index (χ2v) is 5.24. The van der Waals surface area contributed by atoms with Gasteiger partial charge in [-0.05, 0) is 42.6 Å². The van der Waals surface area contributed by atoms with Gasteiger partial charge in [0.1, 0.15) is 0 Å². The van der Waals surface area contributed by atoms with E-state index in [4.69, 9.17) is 5.73 Å². The number of rotatable bonds is 6. The zero-order valence-corrected chi connectivity index (χ0v) is 12.5. The molecule has 0 fully saturated rings. The molecule has 0 unspecified atom stereocenters. The largest absolute Gasteiger partial charge is 0.399 e. The minimum atomic E-state index is 0.902. The molecule has 0 aliphatic carbocycles. The SMILES string of the molecule is CCN(CCc1ccccc1N)Cc1ccccc1C. The van der Waals surface area contributed by atoms with Gasteiger partial charge in [0.2, 0.25) is 0 Å². The predicted molar refractivity (Wildman–Crippen MR) is 86.7 cm³/mol. The van der Waals surface area contributed by atoms with E-state index in [1.165, 1.54) is 16.7 Å². The molecule has 2 nitrogen and oxygen atoms in total. The number of nitrogen functional groups attached to an aromatic ring is 1. The van der Waals surface area contributed by atoms with Gasteiger partial charge in [0.15, 0.2) is 0 Å². The average molecular weight is 268 g/mol. The maximum absolute atomic E-state index is 6.01. The third-order valence-electron chi connectivity index (χ3n) is 3.85. The lowest BCUT2D eigenvalue weighted by atomic mass is 10.1. The van der Waals surface area contributed by atoms with Crippen LogP contribution in [0.2, 0.25) is 0 Å². The molecule has 2 heteroatoms. The zero-order chi connectivity index (χ0) is 14.4. The van der Waals surface area contributed by atoms with E-state index >= 15 is 0 Å². The van der Waals surface area contributed by atoms with Crippen LogP contribution in [0.15, 0.2) is 48.5 Å². The molecule has 0 radical (unpaired) electrons. The third-order valence-corrected chi connectivity index (χ3v) is 3.85. The quantitative estimate of drug-likeness (QED) is 0.810. The topological polar surface area (TPSA) is 29.3 Å². The Bertz CT molecular complexity index is 549. The molecule has 0 aromatic heterocycles. The highest BCUT2D eigenvalue weighted by Crippen LogP contribution is 2.14. The van der Waals surface area contributed by atoms with Gasteiger partial charge in [-0.3, -0.25) is 4.90 Å². The number of hydrogen-bond acceptors (Lipinski definition) is 2. The summed E-state index contributed by atoms with van der Waals surface area (Å²) < 4.78 is 0. The summed E-state index contributed by atoms with van der Waals surface area (Å²) in [6.07, 6.45) is 1.01. The van der Waals surface area contributed by atoms with Gasteiger partial charge in [-0.25, -0.2) is 0 Å². The fourth-order valence-corrected chi connectivity index (χ4v) is 2.42. The molecule has 0 spiro atoms. The Balaban J connectivity index is 1.96. The predicted octanol–water partition coefficient (Wildman–Crippen LogP) is 3.64. The standard InChI is InChI=1S/C18H24N2/c1-3-20(14-17-10-5-4-8-15(17)2)13-12-16-9-6-7-11-18(16)19/h4-11H,3,12-14,19H2,1-2H3. The molecule has 0 bridgehead atoms. The van der Waals surface area contributed by atoms with E-state index in [0.29, 0.717) is 0 Å². The smallest absolute Gasteiger partial charge is 0.0347 e. The summed E-state index contributed by atoms with van der Waals surface area (Å²) in [6.45, 7) is 7.50. The fraction of sp³-hybridized carbons (Fsp3) is 0.333. The third kappa shape index (κ3) is 3.84. The van der Waals surface area contributed by atoms with Crippen LogP contribution in [0, 0.1) is 6.92 Å². The van der Waals surface area contributed by atoms with Crippen LogP contribution >= 0.6 is 0 Å². The summed E-state index contributed by atoms with van der Waals surface area (Å²) in [6, 6.07) is 16.8. The molecule has 106 valence electrons. The van der Waals surface area contributed by atoms with Gasteiger partial charge in [0.25, 0.3) is 0 Å². The molecular formula is C18H24N2. The van der Waals surface area contributed by atoms with Crippen LogP contribution in [0.4, 0.5) is 5.69 Å². The molecule has 20 heavy (non-hydrogen) atoms. The van der Waals surface area contributed by atoms with Gasteiger partial charge >= 0.3 is 0 Å². The minimum absolute atomic E-state index is 0.902. The molecule has 2 aromatic carbocycles. The second-order valence-electron chi connectivity index (χ2n) is 5.24. The monoisotopic (exact) mass is 268 g/mol. The highest BCUT2D eigenvalue weighted by Gasteiger charge is 2.07. The van der Waals surface area contributed by atoms with Gasteiger partial charge in [-0.15, -0.1) is 0 Å². The summed E-state index contributed by atoms with van der Waals surface area (Å²) >= 11 is 0. The summed E-state index contributed by atoms with van der Waals surface area (Å²) in [7, 11) is 0. The second kappa shape index (κ2) is 7.11. The van der Waals surface area contributed by atoms with Crippen LogP contribution in [-0.2, 0) is 13.0 Å². The van der Waals surface area contributed by atoms with E-state index in [-0.39, 0.29) is 0 Å². The first-order valence-electron chi connectivity index (χ1n) is 7.31. The van der Waals surface area contributed by atoms with Crippen LogP contribution in [-0.4, -0.2) is 18.0 Å². The lowest BCUT2D eigenvalue weighted by Gasteiger charge is -2.21. The van der Waals surface area contributed by atoms with Crippen molar-refractivity contribution in [3.8, 4) is 0 Å². The highest BCUT2D eigenvalue weighted by atomic mass is 15.1. The van der Waals surface area contributed by atoms with Crippen molar-refractivity contribution in [2.24, 2.45) is 0 Å². The van der Waals surface area contributed by atoms with Crippen LogP contribution in [0.3, 0.4) is 0 Å². The molecule has 0 amide bonds. The molecule has 0 atom stereocenters. The fourth-order valence-electron chi connectivity index (χ4n) is 2.42. The van der Waals surface area contributed by atoms with E-state index in [2.05, 4.69) is 55.1 Å². The van der Waals surface area contributed by atoms with Crippen LogP contribution in [0.25, 0.3) is 0 Å². The zero-order valence-electron chi connectivity index (χ0n) is 12.5. The minimum Gasteiger partial charge on any atom is -0.399 e. The van der Waals surface area contributed by atoms with Crippen molar-refractivity contribution in [2.75, 3.05) is 18.8 Å². The summed E-state index contributed by atoms with van der Waals surface area (Å²) in [5.74, 6) is 0. The van der Waals surface area contributed by atoms with Gasteiger partial charge in [0, 0.05) is 18.8 Å². The Morgan fingerprint density at radius 1 is 0.950 bits per heavy atom. The molecule has 2 N–H and O–H groups in total. The first kappa shape index (κ1) is 14.6. The lowest BCUT2D eigenvalue weighted by Crippen LogP contribution is -2.26. The Morgan fingerprint density at radius 2 is 1.60 bits per heavy atom. The van der Waals surface area contributed by atoms with Crippen molar-refractivity contribution < 1.29 is 0 Å². The van der Waals surface area contributed by atoms with Crippen molar-refractivity contribution in [3.63, 3.8) is 0 Å². The number of nitrogens with two attached hydrogens (primary N) is 1. The van der Waals surface area contributed by atoms with E-state index in [1.807, 2.05) is 12.1 Å². The Labute approximate surface area is 122 Å². The van der Waals surface area contributed by atoms with Crippen LogP contribution in [0.1, 0.15) is 23.6 Å². The highest BCUT2D eigenvalue weighted by molar-refractivity contribution is 5.46. The number of nitrogens with zero attached hydrogens (tertiary/aromatic N) is 1. The van der Waals surface area contributed by atoms with Crippen molar-refractivity contribution in [3.05, 3.63) is 65.2 Å². The van der Waals surface area contributed by atoms with E-state index in [1.54, 1.807) is 0 Å². The maximum Gasteiger partial charge on any atom is 0.0347 e. The summed E-state index contributed by atoms with van der Waals surface area (Å²) in [5.41, 5.74) is 10.9. The van der Waals surface area contributed by atoms with E-state index in [9.17, 15) is 0 Å². The molecule has 0 saturated heterocycles. The van der Waals surface area contributed by atoms with E-state index in [0.717, 1.165) is 31.7 Å². The van der Waals surface area contributed by atoms with Crippen molar-refractivity contribution >= 4 is 5.69 Å². The average Bonchev–Trinajstić information content (AvgIpc) is 2.47. The maximum atomic E-state index is 6.01. The van der Waals surface area contributed by atoms with Gasteiger partial charge in [-0.2, -0.15) is 0 Å². The lowest BCUT2D eigenvalue weighted by molar-refractivity contribution is 0.283. The number of para-hydroxylation sites is 1. The Kier molecular flexibility index (Phi) is 5.19. The molecule has 0 heterocycles. The van der Waals surface area contributed by atoms with Crippen molar-refractivity contribution in [2.45, 2.75) is 26.8 Å². The number of likely N-dealkylation sites (N-methyl/N-ethyl adjacent to an activating group) is 1. The van der Waals surface area contributed by atoms with E-state index < -0.39 is 0 Å². The van der Waals surface area contributed by atoms with Crippen LogP contribution < -0.4 is 5.73 Å². The Morgan fingerprint density at radius 3 is 2.25 bits per heavy atom. The normalized spacial score (nSPS) is 10.9. The summed E-state index contributed by atoms with van der Waals surface area (Å²) in [5, 5.41) is 0. The van der Waals surface area contributed by atoms with Gasteiger partial charge in [0.05, 0.1) is 0 Å². The molecule has 2 aromatic rings. The molecule has 0 saturated carbocycles. The molecule has 2 rings (SSSR count). The number of benzene rings is 2. The van der Waals surface area contributed by atoms with Crippen molar-refractivity contribution in [1.82, 2.24) is 4.90 Å². The van der Waals surface area contributed by atoms with Crippen molar-refractivity contribution in [1.29, 1.82) is 0 Å². The first-order valence-corrected chi connectivity index (χ1v) is 7.31. The number of aryl methyl sites for hydroxylation is 1. The summed E-state index contributed by atoms with van der Waals surface area (Å²) in [4.78, 5) is 2.47. The van der Waals surface area contributed by atoms with Gasteiger partial charge < -0.3 is 5.73 Å². The first-order chi connectivity index (χ1) is 9.70.